The van der Waals surface area contributed by atoms with Crippen molar-refractivity contribution in [1.29, 1.82) is 0 Å². The van der Waals surface area contributed by atoms with Crippen LogP contribution in [0.2, 0.25) is 5.02 Å². The summed E-state index contributed by atoms with van der Waals surface area (Å²) in [7, 11) is 0. The number of hydrogen-bond acceptors (Lipinski definition) is 3. The molecule has 4 nitrogen and oxygen atoms in total. The highest BCUT2D eigenvalue weighted by Crippen LogP contribution is 2.22. The van der Waals surface area contributed by atoms with Crippen LogP contribution in [-0.4, -0.2) is 5.91 Å². The highest BCUT2D eigenvalue weighted by Gasteiger charge is 2.06. The van der Waals surface area contributed by atoms with Crippen molar-refractivity contribution < 1.29 is 13.6 Å². The number of rotatable bonds is 5. The molecule has 0 radical (unpaired) electrons. The average molecular weight is 328 g/mol. The van der Waals surface area contributed by atoms with Gasteiger partial charge in [0, 0.05) is 11.1 Å². The third-order valence-corrected chi connectivity index (χ3v) is 3.57. The van der Waals surface area contributed by atoms with Crippen LogP contribution in [0.3, 0.4) is 0 Å². The van der Waals surface area contributed by atoms with Crippen LogP contribution in [0.4, 0.5) is 0 Å². The van der Waals surface area contributed by atoms with Crippen LogP contribution in [0, 0.1) is 0 Å². The SMILES string of the molecule is O=C(/C=C/c1ccccc1Cl)NCc1ccc(-c2ccoc2)o1. The van der Waals surface area contributed by atoms with Crippen molar-refractivity contribution in [2.75, 3.05) is 0 Å². The van der Waals surface area contributed by atoms with Crippen LogP contribution >= 0.6 is 11.6 Å². The maximum absolute atomic E-state index is 11.8. The van der Waals surface area contributed by atoms with Crippen LogP contribution in [0.25, 0.3) is 17.4 Å². The van der Waals surface area contributed by atoms with E-state index in [4.69, 9.17) is 20.4 Å². The standard InChI is InChI=1S/C18H14ClNO3/c19-16-4-2-1-3-13(16)5-8-18(21)20-11-15-6-7-17(23-15)14-9-10-22-12-14/h1-10,12H,11H2,(H,20,21)/b8-5+. The second kappa shape index (κ2) is 7.03. The monoisotopic (exact) mass is 327 g/mol. The number of carbonyl (C=O) groups is 1. The van der Waals surface area contributed by atoms with E-state index < -0.39 is 0 Å². The van der Waals surface area contributed by atoms with Gasteiger partial charge in [0.2, 0.25) is 5.91 Å². The zero-order valence-electron chi connectivity index (χ0n) is 12.2. The highest BCUT2D eigenvalue weighted by molar-refractivity contribution is 6.32. The summed E-state index contributed by atoms with van der Waals surface area (Å²) in [5.41, 5.74) is 1.66. The van der Waals surface area contributed by atoms with Gasteiger partial charge in [0.15, 0.2) is 0 Å². The van der Waals surface area contributed by atoms with E-state index in [9.17, 15) is 4.79 Å². The van der Waals surface area contributed by atoms with E-state index in [1.165, 1.54) is 6.08 Å². The van der Waals surface area contributed by atoms with Gasteiger partial charge in [0.05, 0.1) is 18.4 Å². The zero-order valence-corrected chi connectivity index (χ0v) is 12.9. The van der Waals surface area contributed by atoms with Gasteiger partial charge < -0.3 is 14.2 Å². The minimum Gasteiger partial charge on any atom is -0.472 e. The van der Waals surface area contributed by atoms with E-state index in [0.29, 0.717) is 23.1 Å². The third kappa shape index (κ3) is 3.93. The number of carbonyl (C=O) groups excluding carboxylic acids is 1. The third-order valence-electron chi connectivity index (χ3n) is 3.22. The lowest BCUT2D eigenvalue weighted by atomic mass is 10.2. The predicted molar refractivity (Wildman–Crippen MR) is 88.7 cm³/mol. The fourth-order valence-corrected chi connectivity index (χ4v) is 2.24. The Hall–Kier alpha value is -2.72. The summed E-state index contributed by atoms with van der Waals surface area (Å²) < 4.78 is 10.7. The second-order valence-electron chi connectivity index (χ2n) is 4.85. The van der Waals surface area contributed by atoms with Crippen molar-refractivity contribution in [2.45, 2.75) is 6.54 Å². The summed E-state index contributed by atoms with van der Waals surface area (Å²) in [6.07, 6.45) is 6.31. The number of hydrogen-bond donors (Lipinski definition) is 1. The molecule has 0 aliphatic heterocycles. The molecule has 0 aliphatic carbocycles. The number of benzene rings is 1. The van der Waals surface area contributed by atoms with Gasteiger partial charge in [0.1, 0.15) is 17.8 Å². The van der Waals surface area contributed by atoms with Gasteiger partial charge >= 0.3 is 0 Å². The lowest BCUT2D eigenvalue weighted by Crippen LogP contribution is -2.19. The summed E-state index contributed by atoms with van der Waals surface area (Å²) in [5.74, 6) is 1.15. The van der Waals surface area contributed by atoms with E-state index in [-0.39, 0.29) is 5.91 Å². The molecule has 0 aliphatic rings. The van der Waals surface area contributed by atoms with Crippen molar-refractivity contribution in [3.05, 3.63) is 77.4 Å². The van der Waals surface area contributed by atoms with E-state index in [2.05, 4.69) is 5.32 Å². The fourth-order valence-electron chi connectivity index (χ4n) is 2.04. The molecule has 1 aromatic carbocycles. The van der Waals surface area contributed by atoms with Crippen LogP contribution in [-0.2, 0) is 11.3 Å². The molecule has 0 spiro atoms. The molecule has 2 heterocycles. The summed E-state index contributed by atoms with van der Waals surface area (Å²) in [5, 5.41) is 3.37. The Kier molecular flexibility index (Phi) is 4.64. The van der Waals surface area contributed by atoms with E-state index in [0.717, 1.165) is 11.1 Å². The number of halogens is 1. The molecular formula is C18H14ClNO3. The summed E-state index contributed by atoms with van der Waals surface area (Å²) in [4.78, 5) is 11.8. The Bertz CT molecular complexity index is 818. The minimum absolute atomic E-state index is 0.216. The maximum Gasteiger partial charge on any atom is 0.244 e. The molecule has 0 bridgehead atoms. The molecule has 0 fully saturated rings. The molecule has 5 heteroatoms. The molecule has 0 atom stereocenters. The van der Waals surface area contributed by atoms with Gasteiger partial charge in [-0.3, -0.25) is 4.79 Å². The highest BCUT2D eigenvalue weighted by atomic mass is 35.5. The Balaban J connectivity index is 1.56. The number of nitrogens with one attached hydrogen (secondary N) is 1. The van der Waals surface area contributed by atoms with Crippen LogP contribution in [0.1, 0.15) is 11.3 Å². The van der Waals surface area contributed by atoms with Crippen molar-refractivity contribution in [3.8, 4) is 11.3 Å². The molecule has 3 rings (SSSR count). The molecule has 1 N–H and O–H groups in total. The van der Waals surface area contributed by atoms with E-state index >= 15 is 0 Å². The first kappa shape index (κ1) is 15.2. The minimum atomic E-state index is -0.216. The predicted octanol–water partition coefficient (Wildman–Crippen LogP) is 4.52. The fraction of sp³-hybridized carbons (Fsp3) is 0.0556. The van der Waals surface area contributed by atoms with Crippen LogP contribution in [0.15, 0.2) is 69.9 Å². The lowest BCUT2D eigenvalue weighted by molar-refractivity contribution is -0.116. The van der Waals surface area contributed by atoms with Crippen LogP contribution in [0.5, 0.6) is 0 Å². The average Bonchev–Trinajstić information content (AvgIpc) is 3.23. The quantitative estimate of drug-likeness (QED) is 0.701. The molecule has 0 saturated heterocycles. The van der Waals surface area contributed by atoms with Gasteiger partial charge in [-0.25, -0.2) is 0 Å². The lowest BCUT2D eigenvalue weighted by Gasteiger charge is -2.00. The molecule has 0 unspecified atom stereocenters. The zero-order chi connectivity index (χ0) is 16.1. The van der Waals surface area contributed by atoms with E-state index in [1.807, 2.05) is 36.4 Å². The van der Waals surface area contributed by atoms with Crippen molar-refractivity contribution in [2.24, 2.45) is 0 Å². The number of amides is 1. The largest absolute Gasteiger partial charge is 0.472 e. The normalized spacial score (nSPS) is 11.0. The second-order valence-corrected chi connectivity index (χ2v) is 5.26. The smallest absolute Gasteiger partial charge is 0.244 e. The number of furan rings is 2. The van der Waals surface area contributed by atoms with E-state index in [1.54, 1.807) is 24.7 Å². The Labute approximate surface area is 138 Å². The molecular weight excluding hydrogens is 314 g/mol. The van der Waals surface area contributed by atoms with Crippen molar-refractivity contribution in [3.63, 3.8) is 0 Å². The van der Waals surface area contributed by atoms with Gasteiger partial charge in [-0.2, -0.15) is 0 Å². The Morgan fingerprint density at radius 2 is 2.04 bits per heavy atom. The van der Waals surface area contributed by atoms with Crippen LogP contribution < -0.4 is 5.32 Å². The molecule has 1 amide bonds. The summed E-state index contributed by atoms with van der Waals surface area (Å²) in [6, 6.07) is 12.8. The summed E-state index contributed by atoms with van der Waals surface area (Å²) in [6.45, 7) is 0.309. The maximum atomic E-state index is 11.8. The molecule has 116 valence electrons. The van der Waals surface area contributed by atoms with Gasteiger partial charge in [-0.05, 0) is 35.9 Å². The topological polar surface area (TPSA) is 55.4 Å². The van der Waals surface area contributed by atoms with Gasteiger partial charge in [0.25, 0.3) is 0 Å². The molecule has 0 saturated carbocycles. The van der Waals surface area contributed by atoms with Crippen molar-refractivity contribution in [1.82, 2.24) is 5.32 Å². The van der Waals surface area contributed by atoms with Crippen molar-refractivity contribution >= 4 is 23.6 Å². The first-order chi connectivity index (χ1) is 11.2. The van der Waals surface area contributed by atoms with Gasteiger partial charge in [-0.1, -0.05) is 29.8 Å². The Morgan fingerprint density at radius 1 is 1.17 bits per heavy atom. The first-order valence-corrected chi connectivity index (χ1v) is 7.42. The first-order valence-electron chi connectivity index (χ1n) is 7.04. The Morgan fingerprint density at radius 3 is 2.83 bits per heavy atom. The summed E-state index contributed by atoms with van der Waals surface area (Å²) >= 11 is 6.03. The molecule has 2 aromatic heterocycles. The van der Waals surface area contributed by atoms with Gasteiger partial charge in [-0.15, -0.1) is 0 Å². The molecule has 23 heavy (non-hydrogen) atoms. The molecule has 3 aromatic rings.